The lowest BCUT2D eigenvalue weighted by molar-refractivity contribution is -0.372. The fraction of sp³-hybridized carbons (Fsp3) is 0.517. The Morgan fingerprint density at radius 2 is 1.93 bits per heavy atom. The number of aromatic nitrogens is 4. The maximum absolute atomic E-state index is 13.5. The zero-order chi connectivity index (χ0) is 31.8. The lowest BCUT2D eigenvalue weighted by atomic mass is 10.1. The molecule has 15 heteroatoms. The molecule has 1 fully saturated rings. The van der Waals surface area contributed by atoms with Crippen molar-refractivity contribution in [3.63, 3.8) is 0 Å². The summed E-state index contributed by atoms with van der Waals surface area (Å²) in [4.78, 5) is 62.7. The van der Waals surface area contributed by atoms with Crippen molar-refractivity contribution in [2.24, 2.45) is 0 Å². The number of carbonyl (C=O) groups is 3. The molecular weight excluding hydrogens is 574 g/mol. The highest BCUT2D eigenvalue weighted by Gasteiger charge is 2.37. The number of nitrogens with two attached hydrogens (primary N) is 1. The van der Waals surface area contributed by atoms with Gasteiger partial charge in [0.2, 0.25) is 11.7 Å². The number of fused-ring (bicyclic) bond motifs is 1. The van der Waals surface area contributed by atoms with Crippen LogP contribution in [0.4, 0.5) is 5.82 Å². The van der Waals surface area contributed by atoms with Crippen LogP contribution in [-0.2, 0) is 38.6 Å². The van der Waals surface area contributed by atoms with Gasteiger partial charge in [-0.05, 0) is 29.0 Å². The van der Waals surface area contributed by atoms with Gasteiger partial charge in [-0.15, -0.1) is 0 Å². The average Bonchev–Trinajstić information content (AvgIpc) is 3.52. The largest absolute Gasteiger partial charge is 0.480 e. The van der Waals surface area contributed by atoms with Crippen LogP contribution in [0.1, 0.15) is 43.7 Å². The quantitative estimate of drug-likeness (QED) is 0.132. The predicted octanol–water partition coefficient (Wildman–Crippen LogP) is -0.0460. The molecule has 3 aromatic rings. The number of aryl methyl sites for hydroxylation is 1. The predicted molar refractivity (Wildman–Crippen MR) is 158 cm³/mol. The van der Waals surface area contributed by atoms with Crippen molar-refractivity contribution in [1.29, 1.82) is 0 Å². The van der Waals surface area contributed by atoms with Gasteiger partial charge in [0.1, 0.15) is 6.04 Å². The Morgan fingerprint density at radius 3 is 2.61 bits per heavy atom. The van der Waals surface area contributed by atoms with Crippen molar-refractivity contribution in [3.8, 4) is 6.01 Å². The van der Waals surface area contributed by atoms with E-state index in [1.54, 1.807) is 17.0 Å². The van der Waals surface area contributed by atoms with Crippen LogP contribution in [0.3, 0.4) is 0 Å². The molecule has 3 heterocycles. The molecule has 1 aliphatic rings. The number of carboxylic acids is 1. The lowest BCUT2D eigenvalue weighted by Gasteiger charge is -2.27. The fourth-order valence-corrected chi connectivity index (χ4v) is 5.19. The summed E-state index contributed by atoms with van der Waals surface area (Å²) < 4.78 is 11.8. The molecule has 238 valence electrons. The number of methoxy groups -OCH3 is 1. The molecule has 0 bridgehead atoms. The van der Waals surface area contributed by atoms with E-state index in [0.717, 1.165) is 24.0 Å². The fourth-order valence-electron chi connectivity index (χ4n) is 5.19. The number of imidazole rings is 1. The number of hydrogen-bond acceptors (Lipinski definition) is 10. The average molecular weight is 615 g/mol. The summed E-state index contributed by atoms with van der Waals surface area (Å²) in [7, 11) is 1.32. The van der Waals surface area contributed by atoms with Crippen LogP contribution < -0.4 is 21.1 Å². The molecular formula is C29H40N7O8+. The van der Waals surface area contributed by atoms with Crippen molar-refractivity contribution in [3.05, 3.63) is 45.9 Å². The molecule has 0 spiro atoms. The first kappa shape index (κ1) is 32.4. The van der Waals surface area contributed by atoms with Crippen LogP contribution >= 0.6 is 0 Å². The molecule has 6 N–H and O–H groups in total. The van der Waals surface area contributed by atoms with Crippen LogP contribution in [0.25, 0.3) is 11.2 Å². The van der Waals surface area contributed by atoms with Crippen LogP contribution in [0.5, 0.6) is 6.01 Å². The number of amides is 1. The Kier molecular flexibility index (Phi) is 10.9. The van der Waals surface area contributed by atoms with Gasteiger partial charge in [-0.3, -0.25) is 24.3 Å². The van der Waals surface area contributed by atoms with Crippen LogP contribution in [0, 0.1) is 0 Å². The first-order valence-electron chi connectivity index (χ1n) is 14.6. The molecule has 1 aliphatic heterocycles. The summed E-state index contributed by atoms with van der Waals surface area (Å²) >= 11 is 0. The Balaban J connectivity index is 1.51. The van der Waals surface area contributed by atoms with E-state index in [1.165, 1.54) is 16.6 Å². The first-order chi connectivity index (χ1) is 21.1. The summed E-state index contributed by atoms with van der Waals surface area (Å²) in [5.41, 5.74) is 8.01. The van der Waals surface area contributed by atoms with Gasteiger partial charge in [-0.1, -0.05) is 37.6 Å². The highest BCUT2D eigenvalue weighted by atomic mass is 16.5. The smallest absolute Gasteiger partial charge is 0.433 e. The molecule has 44 heavy (non-hydrogen) atoms. The van der Waals surface area contributed by atoms with E-state index in [0.29, 0.717) is 24.2 Å². The van der Waals surface area contributed by atoms with Gasteiger partial charge >= 0.3 is 23.6 Å². The summed E-state index contributed by atoms with van der Waals surface area (Å²) in [5.74, 6) is -1.66. The number of β-amino-alcohol motifs (C(OH)–C–C–N with tert-alkyl or cyclic N) is 1. The molecule has 0 aliphatic carbocycles. The number of H-pyrrole nitrogens is 2. The molecule has 1 amide bonds. The van der Waals surface area contributed by atoms with Gasteiger partial charge in [-0.2, -0.15) is 0 Å². The number of aliphatic carboxylic acids is 1. The number of anilines is 1. The number of aliphatic hydroxyl groups is 1. The van der Waals surface area contributed by atoms with Crippen molar-refractivity contribution in [1.82, 2.24) is 24.3 Å². The molecule has 0 saturated carbocycles. The zero-order valence-corrected chi connectivity index (χ0v) is 25.0. The number of benzene rings is 1. The third kappa shape index (κ3) is 8.11. The maximum Gasteiger partial charge on any atom is 0.433 e. The standard InChI is InChI=1S/C29H39N7O8/c1-3-4-12-44-28-32-25(30)24-26(33-28)36(29(42)31-24)11-5-10-34(15-19-8-6-18(7-9-19)13-23(39)43-2)22(38)17-35-16-20(37)14-21(35)27(40)41/h6-9,20-21,37H,3-5,10-17H2,1-2H3,(H,31,42)(H,40,41)(H2,30,32,33)/p+1/t20-,21+/m1/s1. The number of rotatable bonds is 15. The molecule has 2 aromatic heterocycles. The second-order valence-corrected chi connectivity index (χ2v) is 10.8. The SMILES string of the molecule is CCCCOc1nc(N)c2[nH]c(=O)n(CCCN(Cc3ccc(CC(=O)OC)cc3)C(=O)CN3C[C@H](O)C[C@H]3C(=O)O)c2[nH+]1. The summed E-state index contributed by atoms with van der Waals surface area (Å²) in [6.07, 6.45) is 1.49. The zero-order valence-electron chi connectivity index (χ0n) is 25.0. The Morgan fingerprint density at radius 1 is 1.20 bits per heavy atom. The number of aromatic amines is 2. The number of ether oxygens (including phenoxy) is 2. The van der Waals surface area contributed by atoms with Crippen LogP contribution in [0.15, 0.2) is 29.1 Å². The second-order valence-electron chi connectivity index (χ2n) is 10.8. The molecule has 15 nitrogen and oxygen atoms in total. The van der Waals surface area contributed by atoms with Crippen molar-refractivity contribution < 1.29 is 39.1 Å². The van der Waals surface area contributed by atoms with Gasteiger partial charge < -0.3 is 30.3 Å². The molecule has 1 saturated heterocycles. The number of likely N-dealkylation sites (tertiary alicyclic amines) is 1. The molecule has 4 rings (SSSR count). The van der Waals surface area contributed by atoms with E-state index in [9.17, 15) is 29.4 Å². The second kappa shape index (κ2) is 14.8. The first-order valence-corrected chi connectivity index (χ1v) is 14.6. The van der Waals surface area contributed by atoms with Gasteiger partial charge in [0.05, 0.1) is 39.3 Å². The van der Waals surface area contributed by atoms with E-state index >= 15 is 0 Å². The number of carboxylic acid groups (broad SMARTS) is 1. The van der Waals surface area contributed by atoms with Crippen LogP contribution in [-0.4, -0.2) is 97.9 Å². The van der Waals surface area contributed by atoms with E-state index < -0.39 is 23.8 Å². The lowest BCUT2D eigenvalue weighted by Crippen LogP contribution is -2.45. The van der Waals surface area contributed by atoms with E-state index in [2.05, 4.69) is 15.0 Å². The number of carbonyl (C=O) groups excluding carboxylic acids is 2. The number of nitrogens with zero attached hydrogens (tertiary/aromatic N) is 4. The minimum atomic E-state index is -1.09. The summed E-state index contributed by atoms with van der Waals surface area (Å²) in [5, 5.41) is 19.6. The van der Waals surface area contributed by atoms with Crippen LogP contribution in [0.2, 0.25) is 0 Å². The van der Waals surface area contributed by atoms with Gasteiger partial charge in [0.25, 0.3) is 5.65 Å². The van der Waals surface area contributed by atoms with E-state index in [-0.39, 0.29) is 69.3 Å². The number of unbranched alkanes of at least 4 members (excludes halogenated alkanes) is 1. The van der Waals surface area contributed by atoms with E-state index in [4.69, 9.17) is 15.2 Å². The summed E-state index contributed by atoms with van der Waals surface area (Å²) in [6, 6.07) is 6.43. The third-order valence-corrected chi connectivity index (χ3v) is 7.56. The minimum absolute atomic E-state index is 0.0480. The highest BCUT2D eigenvalue weighted by molar-refractivity contribution is 5.81. The Hall–Kier alpha value is -4.50. The Bertz CT molecular complexity index is 1520. The molecule has 2 atom stereocenters. The minimum Gasteiger partial charge on any atom is -0.480 e. The molecule has 0 radical (unpaired) electrons. The number of nitrogen functional groups attached to an aromatic ring is 1. The van der Waals surface area contributed by atoms with E-state index in [1.807, 2.05) is 19.1 Å². The van der Waals surface area contributed by atoms with Crippen molar-refractivity contribution in [2.45, 2.75) is 64.3 Å². The number of nitrogens with one attached hydrogen (secondary N) is 2. The maximum atomic E-state index is 13.5. The van der Waals surface area contributed by atoms with Gasteiger partial charge in [-0.25, -0.2) is 14.3 Å². The molecule has 1 aromatic carbocycles. The van der Waals surface area contributed by atoms with Crippen molar-refractivity contribution >= 4 is 34.8 Å². The van der Waals surface area contributed by atoms with Gasteiger partial charge in [0.15, 0.2) is 5.52 Å². The topological polar surface area (TPSA) is 207 Å². The number of hydrogen-bond donors (Lipinski definition) is 4. The van der Waals surface area contributed by atoms with Gasteiger partial charge in [0, 0.05) is 26.1 Å². The normalized spacial score (nSPS) is 16.7. The number of aliphatic hydroxyl groups excluding tert-OH is 1. The monoisotopic (exact) mass is 614 g/mol. The Labute approximate surface area is 253 Å². The molecule has 0 unspecified atom stereocenters. The van der Waals surface area contributed by atoms with Crippen molar-refractivity contribution in [2.75, 3.05) is 39.1 Å². The summed E-state index contributed by atoms with van der Waals surface area (Å²) in [6.45, 7) is 3.07. The highest BCUT2D eigenvalue weighted by Crippen LogP contribution is 2.19. The third-order valence-electron chi connectivity index (χ3n) is 7.56. The number of esters is 1.